The predicted molar refractivity (Wildman–Crippen MR) is 108 cm³/mol. The van der Waals surface area contributed by atoms with E-state index >= 15 is 0 Å². The van der Waals surface area contributed by atoms with E-state index in [4.69, 9.17) is 9.97 Å². The maximum Gasteiger partial charge on any atom is 0.306 e. The van der Waals surface area contributed by atoms with Gasteiger partial charge < -0.3 is 10.4 Å². The van der Waals surface area contributed by atoms with E-state index < -0.39 is 5.97 Å². The highest BCUT2D eigenvalue weighted by molar-refractivity contribution is 7.17. The Morgan fingerprint density at radius 3 is 2.61 bits per heavy atom. The summed E-state index contributed by atoms with van der Waals surface area (Å²) in [7, 11) is 0. The van der Waals surface area contributed by atoms with Crippen LogP contribution >= 0.6 is 11.3 Å². The van der Waals surface area contributed by atoms with Crippen LogP contribution in [0.1, 0.15) is 48.6 Å². The molecule has 0 spiro atoms. The van der Waals surface area contributed by atoms with Gasteiger partial charge in [0.25, 0.3) is 0 Å². The van der Waals surface area contributed by atoms with E-state index in [2.05, 4.69) is 10.7 Å². The quantitative estimate of drug-likeness (QED) is 0.624. The number of benzene rings is 1. The highest BCUT2D eigenvalue weighted by atomic mass is 32.1. The summed E-state index contributed by atoms with van der Waals surface area (Å²) in [6.45, 7) is 2.59. The summed E-state index contributed by atoms with van der Waals surface area (Å²) in [5.41, 5.74) is 2.10. The number of carboxylic acid groups (broad SMARTS) is 1. The Morgan fingerprint density at radius 1 is 1.21 bits per heavy atom. The Hall–Kier alpha value is -2.54. The summed E-state index contributed by atoms with van der Waals surface area (Å²) in [5, 5.41) is 15.7. The van der Waals surface area contributed by atoms with Gasteiger partial charge in [0.15, 0.2) is 0 Å². The van der Waals surface area contributed by atoms with Crippen LogP contribution < -0.4 is 5.32 Å². The molecule has 1 aliphatic carbocycles. The number of carbonyl (C=O) groups is 1. The molecule has 1 aliphatic rings. The molecule has 1 fully saturated rings. The molecule has 0 saturated heterocycles. The number of fused-ring (bicyclic) bond motifs is 1. The molecule has 146 valence electrons. The van der Waals surface area contributed by atoms with E-state index in [0.29, 0.717) is 19.4 Å². The molecule has 1 aromatic carbocycles. The first-order chi connectivity index (χ1) is 13.5. The maximum absolute atomic E-state index is 13.1. The largest absolute Gasteiger partial charge is 0.481 e. The lowest BCUT2D eigenvalue weighted by atomic mass is 9.81. The molecule has 0 amide bonds. The lowest BCUT2D eigenvalue weighted by molar-refractivity contribution is -0.142. The van der Waals surface area contributed by atoms with Crippen molar-refractivity contribution in [2.24, 2.45) is 5.92 Å². The van der Waals surface area contributed by atoms with Gasteiger partial charge >= 0.3 is 5.97 Å². The Morgan fingerprint density at radius 2 is 1.93 bits per heavy atom. The minimum absolute atomic E-state index is 0.189. The maximum atomic E-state index is 13.1. The van der Waals surface area contributed by atoms with Crippen LogP contribution in [0, 0.1) is 18.7 Å². The van der Waals surface area contributed by atoms with Crippen LogP contribution in [0.2, 0.25) is 0 Å². The average molecular weight is 399 g/mol. The van der Waals surface area contributed by atoms with Crippen molar-refractivity contribution in [1.29, 1.82) is 0 Å². The van der Waals surface area contributed by atoms with E-state index in [-0.39, 0.29) is 17.7 Å². The standard InChI is InChI=1S/C21H22FN3O2S/c1-12-11-28-20-17(12)19(23-10-13-2-8-16(22)9-3-13)24-18(25-20)14-4-6-15(7-5-14)21(26)27/h2-3,8-9,11,14-15H,4-7,10H2,1H3,(H,26,27)(H,23,24,25). The molecule has 0 radical (unpaired) electrons. The van der Waals surface area contributed by atoms with Crippen LogP contribution in [-0.4, -0.2) is 21.0 Å². The van der Waals surface area contributed by atoms with E-state index in [0.717, 1.165) is 45.8 Å². The van der Waals surface area contributed by atoms with Gasteiger partial charge in [-0.2, -0.15) is 0 Å². The van der Waals surface area contributed by atoms with Crippen LogP contribution in [0.5, 0.6) is 0 Å². The minimum Gasteiger partial charge on any atom is -0.481 e. The van der Waals surface area contributed by atoms with Crippen LogP contribution in [-0.2, 0) is 11.3 Å². The van der Waals surface area contributed by atoms with Gasteiger partial charge in [0, 0.05) is 12.5 Å². The average Bonchev–Trinajstić information content (AvgIpc) is 3.08. The smallest absolute Gasteiger partial charge is 0.306 e. The first-order valence-electron chi connectivity index (χ1n) is 9.48. The van der Waals surface area contributed by atoms with Gasteiger partial charge in [-0.25, -0.2) is 14.4 Å². The number of aryl methyl sites for hydroxylation is 1. The molecule has 4 rings (SSSR count). The van der Waals surface area contributed by atoms with Gasteiger partial charge in [0.1, 0.15) is 22.3 Å². The summed E-state index contributed by atoms with van der Waals surface area (Å²) in [5.74, 6) is 0.573. The fraction of sp³-hybridized carbons (Fsp3) is 0.381. The summed E-state index contributed by atoms with van der Waals surface area (Å²) >= 11 is 1.60. The monoisotopic (exact) mass is 399 g/mol. The van der Waals surface area contributed by atoms with Crippen molar-refractivity contribution in [2.75, 3.05) is 5.32 Å². The fourth-order valence-corrected chi connectivity index (χ4v) is 4.73. The van der Waals surface area contributed by atoms with Crippen LogP contribution in [0.4, 0.5) is 10.2 Å². The number of thiophene rings is 1. The Bertz CT molecular complexity index is 995. The van der Waals surface area contributed by atoms with Crippen molar-refractivity contribution >= 4 is 33.3 Å². The minimum atomic E-state index is -0.703. The summed E-state index contributed by atoms with van der Waals surface area (Å²) in [4.78, 5) is 21.8. The zero-order chi connectivity index (χ0) is 19.7. The van der Waals surface area contributed by atoms with Crippen LogP contribution in [0.3, 0.4) is 0 Å². The first kappa shape index (κ1) is 18.8. The lowest BCUT2D eigenvalue weighted by Crippen LogP contribution is -2.21. The van der Waals surface area contributed by atoms with Crippen molar-refractivity contribution in [3.63, 3.8) is 0 Å². The van der Waals surface area contributed by atoms with Gasteiger partial charge in [-0.3, -0.25) is 4.79 Å². The van der Waals surface area contributed by atoms with Crippen LogP contribution in [0.25, 0.3) is 10.2 Å². The summed E-state index contributed by atoms with van der Waals surface area (Å²) in [6, 6.07) is 6.42. The number of rotatable bonds is 5. The van der Waals surface area contributed by atoms with Gasteiger partial charge in [0.05, 0.1) is 11.3 Å². The number of halogens is 1. The van der Waals surface area contributed by atoms with Gasteiger partial charge in [0.2, 0.25) is 0 Å². The van der Waals surface area contributed by atoms with Gasteiger partial charge in [-0.15, -0.1) is 11.3 Å². The summed E-state index contributed by atoms with van der Waals surface area (Å²) in [6.07, 6.45) is 2.93. The van der Waals surface area contributed by atoms with Gasteiger partial charge in [-0.05, 0) is 61.2 Å². The zero-order valence-electron chi connectivity index (χ0n) is 15.6. The predicted octanol–water partition coefficient (Wildman–Crippen LogP) is 5.11. The molecule has 2 aromatic heterocycles. The highest BCUT2D eigenvalue weighted by Crippen LogP contribution is 2.37. The molecule has 28 heavy (non-hydrogen) atoms. The van der Waals surface area contributed by atoms with Crippen molar-refractivity contribution in [3.05, 3.63) is 52.4 Å². The Balaban J connectivity index is 1.59. The molecule has 1 saturated carbocycles. The molecule has 0 aliphatic heterocycles. The molecule has 0 atom stereocenters. The second kappa shape index (κ2) is 7.83. The molecule has 0 unspecified atom stereocenters. The van der Waals surface area contributed by atoms with E-state index in [9.17, 15) is 14.3 Å². The number of hydrogen-bond acceptors (Lipinski definition) is 5. The molecule has 2 N–H and O–H groups in total. The van der Waals surface area contributed by atoms with E-state index in [1.165, 1.54) is 12.1 Å². The first-order valence-corrected chi connectivity index (χ1v) is 10.4. The number of aliphatic carboxylic acids is 1. The molecule has 0 bridgehead atoms. The number of nitrogens with one attached hydrogen (secondary N) is 1. The third-order valence-electron chi connectivity index (χ3n) is 5.45. The van der Waals surface area contributed by atoms with Crippen molar-refractivity contribution < 1.29 is 14.3 Å². The molecular weight excluding hydrogens is 377 g/mol. The molecule has 7 heteroatoms. The third-order valence-corrected chi connectivity index (χ3v) is 6.44. The molecule has 2 heterocycles. The zero-order valence-corrected chi connectivity index (χ0v) is 16.4. The molecular formula is C21H22FN3O2S. The van der Waals surface area contributed by atoms with Crippen molar-refractivity contribution in [2.45, 2.75) is 45.1 Å². The summed E-state index contributed by atoms with van der Waals surface area (Å²) < 4.78 is 13.1. The van der Waals surface area contributed by atoms with Crippen LogP contribution in [0.15, 0.2) is 29.6 Å². The SMILES string of the molecule is Cc1csc2nc(C3CCC(C(=O)O)CC3)nc(NCc3ccc(F)cc3)c12. The second-order valence-electron chi connectivity index (χ2n) is 7.40. The Kier molecular flexibility index (Phi) is 5.26. The topological polar surface area (TPSA) is 75.1 Å². The third kappa shape index (κ3) is 3.85. The number of carboxylic acids is 1. The number of aromatic nitrogens is 2. The van der Waals surface area contributed by atoms with E-state index in [1.807, 2.05) is 6.92 Å². The Labute approximate surface area is 166 Å². The fourth-order valence-electron chi connectivity index (χ4n) is 3.80. The number of anilines is 1. The molecule has 5 nitrogen and oxygen atoms in total. The van der Waals surface area contributed by atoms with Gasteiger partial charge in [-0.1, -0.05) is 12.1 Å². The number of hydrogen-bond donors (Lipinski definition) is 2. The number of nitrogens with zero attached hydrogens (tertiary/aromatic N) is 2. The second-order valence-corrected chi connectivity index (χ2v) is 8.25. The van der Waals surface area contributed by atoms with Crippen molar-refractivity contribution in [1.82, 2.24) is 9.97 Å². The lowest BCUT2D eigenvalue weighted by Gasteiger charge is -2.25. The molecule has 3 aromatic rings. The highest BCUT2D eigenvalue weighted by Gasteiger charge is 2.29. The normalized spacial score (nSPS) is 19.6. The van der Waals surface area contributed by atoms with E-state index in [1.54, 1.807) is 23.5 Å². The van der Waals surface area contributed by atoms with Crippen molar-refractivity contribution in [3.8, 4) is 0 Å².